The van der Waals surface area contributed by atoms with Gasteiger partial charge in [0, 0.05) is 0 Å². The smallest absolute Gasteiger partial charge is 0.331 e. The highest BCUT2D eigenvalue weighted by Crippen LogP contribution is 2.38. The Hall–Kier alpha value is -2.36. The molecule has 9 nitrogen and oxygen atoms in total. The van der Waals surface area contributed by atoms with Crippen molar-refractivity contribution in [2.75, 3.05) is 18.6 Å². The zero-order valence-corrected chi connectivity index (χ0v) is 10.5. The minimum Gasteiger partial charge on any atom is -0.490 e. The molecule has 1 rings (SSSR count). The highest BCUT2D eigenvalue weighted by molar-refractivity contribution is 7.92. The molecule has 0 unspecified atom stereocenters. The van der Waals surface area contributed by atoms with E-state index < -0.39 is 42.8 Å². The normalized spacial score (nSPS) is 11.0. The minimum atomic E-state index is -4.44. The molecule has 0 radical (unpaired) electrons. The van der Waals surface area contributed by atoms with Crippen molar-refractivity contribution in [1.82, 2.24) is 0 Å². The number of sulfone groups is 1. The van der Waals surface area contributed by atoms with E-state index in [1.54, 1.807) is 0 Å². The van der Waals surface area contributed by atoms with Crippen molar-refractivity contribution >= 4 is 27.2 Å². The third-order valence-corrected chi connectivity index (χ3v) is 3.83. The van der Waals surface area contributed by atoms with E-state index in [1.165, 1.54) is 0 Å². The SMILES string of the molecule is COc1ccc(N)c(S(=O)(=O)CC(=O)O)c1[N+](=O)[O-]. The van der Waals surface area contributed by atoms with Gasteiger partial charge in [0.25, 0.3) is 0 Å². The second kappa shape index (κ2) is 5.10. The van der Waals surface area contributed by atoms with Crippen LogP contribution in [0.25, 0.3) is 0 Å². The largest absolute Gasteiger partial charge is 0.490 e. The second-order valence-electron chi connectivity index (χ2n) is 3.44. The van der Waals surface area contributed by atoms with Gasteiger partial charge in [0.15, 0.2) is 26.2 Å². The second-order valence-corrected chi connectivity index (χ2v) is 5.37. The lowest BCUT2D eigenvalue weighted by Crippen LogP contribution is -2.18. The number of nitro groups is 1. The maximum Gasteiger partial charge on any atom is 0.331 e. The van der Waals surface area contributed by atoms with Gasteiger partial charge < -0.3 is 15.6 Å². The van der Waals surface area contributed by atoms with E-state index in [-0.39, 0.29) is 5.75 Å². The van der Waals surface area contributed by atoms with Crippen LogP contribution >= 0.6 is 0 Å². The topological polar surface area (TPSA) is 150 Å². The summed E-state index contributed by atoms with van der Waals surface area (Å²) in [5, 5.41) is 19.5. The standard InChI is InChI=1S/C9H10N2O7S/c1-18-6-3-2-5(10)9(8(6)11(14)15)19(16,17)4-7(12)13/h2-3H,4,10H2,1H3,(H,12,13). The van der Waals surface area contributed by atoms with Gasteiger partial charge in [0.2, 0.25) is 0 Å². The lowest BCUT2D eigenvalue weighted by Gasteiger charge is -2.09. The van der Waals surface area contributed by atoms with Gasteiger partial charge in [-0.25, -0.2) is 8.42 Å². The Balaban J connectivity index is 3.67. The Kier molecular flexibility index (Phi) is 3.95. The number of carbonyl (C=O) groups is 1. The number of rotatable bonds is 5. The van der Waals surface area contributed by atoms with Crippen LogP contribution in [0.5, 0.6) is 5.75 Å². The van der Waals surface area contributed by atoms with Crippen molar-refractivity contribution in [3.8, 4) is 5.75 Å². The van der Waals surface area contributed by atoms with Crippen LogP contribution in [0.3, 0.4) is 0 Å². The maximum absolute atomic E-state index is 11.8. The van der Waals surface area contributed by atoms with Gasteiger partial charge in [-0.3, -0.25) is 14.9 Å². The Morgan fingerprint density at radius 2 is 2.11 bits per heavy atom. The van der Waals surface area contributed by atoms with Crippen LogP contribution in [0.2, 0.25) is 0 Å². The number of methoxy groups -OCH3 is 1. The van der Waals surface area contributed by atoms with Gasteiger partial charge in [0.05, 0.1) is 17.7 Å². The summed E-state index contributed by atoms with van der Waals surface area (Å²) in [6.45, 7) is 0. The first-order valence-electron chi connectivity index (χ1n) is 4.76. The molecule has 0 aromatic heterocycles. The molecular weight excluding hydrogens is 280 g/mol. The molecule has 0 aliphatic carbocycles. The fraction of sp³-hybridized carbons (Fsp3) is 0.222. The summed E-state index contributed by atoms with van der Waals surface area (Å²) in [6.07, 6.45) is 0. The van der Waals surface area contributed by atoms with Gasteiger partial charge in [-0.05, 0) is 12.1 Å². The summed E-state index contributed by atoms with van der Waals surface area (Å²) >= 11 is 0. The van der Waals surface area contributed by atoms with Crippen LogP contribution in [-0.2, 0) is 14.6 Å². The molecule has 0 heterocycles. The summed E-state index contributed by atoms with van der Waals surface area (Å²) in [5.74, 6) is -3.26. The number of hydrogen-bond acceptors (Lipinski definition) is 7. The molecule has 0 atom stereocenters. The molecule has 0 aliphatic rings. The van der Waals surface area contributed by atoms with Crippen LogP contribution in [-0.4, -0.2) is 37.3 Å². The van der Waals surface area contributed by atoms with E-state index in [2.05, 4.69) is 0 Å². The molecule has 10 heteroatoms. The van der Waals surface area contributed by atoms with Crippen LogP contribution in [0, 0.1) is 10.1 Å². The van der Waals surface area contributed by atoms with Crippen molar-refractivity contribution in [1.29, 1.82) is 0 Å². The first-order chi connectivity index (χ1) is 8.70. The Bertz CT molecular complexity index is 638. The molecule has 104 valence electrons. The summed E-state index contributed by atoms with van der Waals surface area (Å²) in [4.78, 5) is 19.6. The van der Waals surface area contributed by atoms with E-state index in [0.717, 1.165) is 19.2 Å². The Morgan fingerprint density at radius 3 is 2.53 bits per heavy atom. The van der Waals surface area contributed by atoms with E-state index in [9.17, 15) is 23.3 Å². The summed E-state index contributed by atoms with van der Waals surface area (Å²) < 4.78 is 28.4. The molecule has 0 saturated carbocycles. The number of carboxylic acids is 1. The van der Waals surface area contributed by atoms with Crippen molar-refractivity contribution in [2.45, 2.75) is 4.90 Å². The third-order valence-electron chi connectivity index (χ3n) is 2.15. The van der Waals surface area contributed by atoms with Crippen molar-refractivity contribution in [3.63, 3.8) is 0 Å². The Morgan fingerprint density at radius 1 is 1.53 bits per heavy atom. The van der Waals surface area contributed by atoms with Crippen LogP contribution in [0.4, 0.5) is 11.4 Å². The zero-order valence-electron chi connectivity index (χ0n) is 9.69. The molecule has 0 fully saturated rings. The lowest BCUT2D eigenvalue weighted by molar-refractivity contribution is -0.388. The highest BCUT2D eigenvalue weighted by atomic mass is 32.2. The summed E-state index contributed by atoms with van der Waals surface area (Å²) in [6, 6.07) is 2.23. The minimum absolute atomic E-state index is 0.317. The fourth-order valence-corrected chi connectivity index (χ4v) is 2.83. The number of nitrogens with two attached hydrogens (primary N) is 1. The molecule has 0 bridgehead atoms. The van der Waals surface area contributed by atoms with Crippen molar-refractivity contribution < 1.29 is 28.0 Å². The van der Waals surface area contributed by atoms with Crippen molar-refractivity contribution in [3.05, 3.63) is 22.2 Å². The predicted molar refractivity (Wildman–Crippen MR) is 63.7 cm³/mol. The number of anilines is 1. The number of nitrogen functional groups attached to an aromatic ring is 1. The van der Waals surface area contributed by atoms with Crippen molar-refractivity contribution in [2.24, 2.45) is 0 Å². The van der Waals surface area contributed by atoms with E-state index in [1.807, 2.05) is 0 Å². The van der Waals surface area contributed by atoms with E-state index in [0.29, 0.717) is 0 Å². The average molecular weight is 290 g/mol. The number of aliphatic carboxylic acids is 1. The fourth-order valence-electron chi connectivity index (χ4n) is 1.47. The van der Waals surface area contributed by atoms with Gasteiger partial charge in [-0.2, -0.15) is 0 Å². The molecule has 1 aromatic carbocycles. The summed E-state index contributed by atoms with van der Waals surface area (Å²) in [5.41, 5.74) is 4.13. The molecule has 0 amide bonds. The number of nitro benzene ring substituents is 1. The van der Waals surface area contributed by atoms with Crippen LogP contribution < -0.4 is 10.5 Å². The zero-order chi connectivity index (χ0) is 14.8. The number of nitrogens with zero attached hydrogens (tertiary/aromatic N) is 1. The maximum atomic E-state index is 11.8. The molecular formula is C9H10N2O7S. The van der Waals surface area contributed by atoms with Crippen LogP contribution in [0.15, 0.2) is 17.0 Å². The first-order valence-corrected chi connectivity index (χ1v) is 6.41. The monoisotopic (exact) mass is 290 g/mol. The molecule has 19 heavy (non-hydrogen) atoms. The van der Waals surface area contributed by atoms with Gasteiger partial charge >= 0.3 is 11.7 Å². The number of carboxylic acid groups (broad SMARTS) is 1. The first kappa shape index (κ1) is 14.7. The molecule has 0 spiro atoms. The van der Waals surface area contributed by atoms with Gasteiger partial charge in [-0.15, -0.1) is 0 Å². The molecule has 1 aromatic rings. The molecule has 0 saturated heterocycles. The van der Waals surface area contributed by atoms with E-state index in [4.69, 9.17) is 15.6 Å². The number of benzene rings is 1. The van der Waals surface area contributed by atoms with Gasteiger partial charge in [-0.1, -0.05) is 0 Å². The quantitative estimate of drug-likeness (QED) is 0.438. The Labute approximate surface area is 107 Å². The average Bonchev–Trinajstić information content (AvgIpc) is 2.26. The number of ether oxygens (including phenoxy) is 1. The van der Waals surface area contributed by atoms with Crippen LogP contribution in [0.1, 0.15) is 0 Å². The predicted octanol–water partition coefficient (Wildman–Crippen LogP) is 0.0439. The summed E-state index contributed by atoms with van der Waals surface area (Å²) in [7, 11) is -3.33. The highest BCUT2D eigenvalue weighted by Gasteiger charge is 2.34. The third kappa shape index (κ3) is 2.91. The molecule has 0 aliphatic heterocycles. The van der Waals surface area contributed by atoms with Gasteiger partial charge in [0.1, 0.15) is 0 Å². The number of hydrogen-bond donors (Lipinski definition) is 2. The lowest BCUT2D eigenvalue weighted by atomic mass is 10.2. The molecule has 3 N–H and O–H groups in total. The van der Waals surface area contributed by atoms with E-state index >= 15 is 0 Å².